The van der Waals surface area contributed by atoms with Gasteiger partial charge in [0, 0.05) is 29.7 Å². The van der Waals surface area contributed by atoms with Gasteiger partial charge in [-0.2, -0.15) is 0 Å². The molecule has 10 nitrogen and oxygen atoms in total. The summed E-state index contributed by atoms with van der Waals surface area (Å²) in [4.78, 5) is 12.7. The minimum absolute atomic E-state index is 0.0301. The Hall–Kier alpha value is -4.31. The van der Waals surface area contributed by atoms with Gasteiger partial charge in [-0.05, 0) is 42.7 Å². The van der Waals surface area contributed by atoms with Crippen molar-refractivity contribution in [3.63, 3.8) is 0 Å². The molecule has 4 rings (SSSR count). The van der Waals surface area contributed by atoms with Crippen molar-refractivity contribution >= 4 is 5.97 Å². The standard InChI is InChI=1S/C26H26O10/c27-15(4-1-13-2-5-18(29)21(32)7-13)11-25(34)35-24-12-17-20(31)9-16(28)10-23(17)36-26(24)14-3-6-19(30)22(33)8-14/h2-3,5-10,15,24,26-33H,1,4,11-12H2/t15-,24-,26-/m1/s1. The molecule has 0 aliphatic carbocycles. The fraction of sp³-hybridized carbons (Fsp3) is 0.269. The maximum Gasteiger partial charge on any atom is 0.308 e. The fourth-order valence-electron chi connectivity index (χ4n) is 4.12. The third kappa shape index (κ3) is 5.49. The molecule has 0 aromatic heterocycles. The number of rotatable bonds is 7. The summed E-state index contributed by atoms with van der Waals surface area (Å²) >= 11 is 0. The molecule has 7 N–H and O–H groups in total. The maximum absolute atomic E-state index is 12.7. The van der Waals surface area contributed by atoms with Crippen molar-refractivity contribution in [3.8, 4) is 40.2 Å². The molecule has 1 aliphatic heterocycles. The fourth-order valence-corrected chi connectivity index (χ4v) is 4.12. The summed E-state index contributed by atoms with van der Waals surface area (Å²) in [5.74, 6) is -2.28. The zero-order chi connectivity index (χ0) is 26.0. The van der Waals surface area contributed by atoms with Crippen LogP contribution in [0.1, 0.15) is 35.6 Å². The second-order valence-corrected chi connectivity index (χ2v) is 8.68. The van der Waals surface area contributed by atoms with Crippen molar-refractivity contribution in [1.82, 2.24) is 0 Å². The highest BCUT2D eigenvalue weighted by atomic mass is 16.6. The Morgan fingerprint density at radius 2 is 1.58 bits per heavy atom. The Bertz CT molecular complexity index is 1270. The quantitative estimate of drug-likeness (QED) is 0.189. The van der Waals surface area contributed by atoms with E-state index in [0.717, 1.165) is 6.07 Å². The van der Waals surface area contributed by atoms with E-state index in [1.54, 1.807) is 6.07 Å². The molecule has 1 heterocycles. The summed E-state index contributed by atoms with van der Waals surface area (Å²) in [6, 6.07) is 10.8. The number of fused-ring (bicyclic) bond motifs is 1. The topological polar surface area (TPSA) is 177 Å². The number of phenols is 6. The lowest BCUT2D eigenvalue weighted by Gasteiger charge is -2.34. The Labute approximate surface area is 205 Å². The number of aryl methyl sites for hydroxylation is 1. The summed E-state index contributed by atoms with van der Waals surface area (Å²) in [7, 11) is 0. The second kappa shape index (κ2) is 10.1. The number of aromatic hydroxyl groups is 6. The van der Waals surface area contributed by atoms with Crippen LogP contribution in [0.4, 0.5) is 0 Å². The van der Waals surface area contributed by atoms with Gasteiger partial charge in [-0.15, -0.1) is 0 Å². The molecule has 0 unspecified atom stereocenters. The van der Waals surface area contributed by atoms with E-state index in [9.17, 15) is 40.5 Å². The average molecular weight is 498 g/mol. The van der Waals surface area contributed by atoms with Crippen LogP contribution in [0.5, 0.6) is 40.2 Å². The van der Waals surface area contributed by atoms with E-state index in [4.69, 9.17) is 9.47 Å². The van der Waals surface area contributed by atoms with Gasteiger partial charge in [0.1, 0.15) is 23.4 Å². The van der Waals surface area contributed by atoms with Gasteiger partial charge in [0.15, 0.2) is 29.1 Å². The van der Waals surface area contributed by atoms with Crippen molar-refractivity contribution in [1.29, 1.82) is 0 Å². The number of benzene rings is 3. The highest BCUT2D eigenvalue weighted by Crippen LogP contribution is 2.44. The van der Waals surface area contributed by atoms with Crippen molar-refractivity contribution in [2.45, 2.75) is 44.0 Å². The molecule has 0 saturated heterocycles. The van der Waals surface area contributed by atoms with Crippen LogP contribution in [-0.2, 0) is 22.4 Å². The monoisotopic (exact) mass is 498 g/mol. The van der Waals surface area contributed by atoms with Crippen LogP contribution in [-0.4, -0.2) is 53.9 Å². The summed E-state index contributed by atoms with van der Waals surface area (Å²) < 4.78 is 11.5. The first-order valence-electron chi connectivity index (χ1n) is 11.2. The molecule has 1 aliphatic rings. The number of hydrogen-bond acceptors (Lipinski definition) is 10. The lowest BCUT2D eigenvalue weighted by Crippen LogP contribution is -2.35. The Kier molecular flexibility index (Phi) is 6.98. The summed E-state index contributed by atoms with van der Waals surface area (Å²) in [5.41, 5.74) is 1.36. The number of ether oxygens (including phenoxy) is 2. The van der Waals surface area contributed by atoms with Crippen LogP contribution in [0, 0.1) is 0 Å². The molecule has 0 saturated carbocycles. The first-order chi connectivity index (χ1) is 17.1. The molecular formula is C26H26O10. The van der Waals surface area contributed by atoms with Crippen LogP contribution < -0.4 is 4.74 Å². The Morgan fingerprint density at radius 1 is 0.889 bits per heavy atom. The van der Waals surface area contributed by atoms with Gasteiger partial charge in [-0.1, -0.05) is 12.1 Å². The number of carbonyl (C=O) groups excluding carboxylic acids is 1. The van der Waals surface area contributed by atoms with E-state index in [-0.39, 0.29) is 53.8 Å². The molecule has 0 spiro atoms. The van der Waals surface area contributed by atoms with Gasteiger partial charge in [-0.25, -0.2) is 0 Å². The van der Waals surface area contributed by atoms with E-state index < -0.39 is 30.0 Å². The lowest BCUT2D eigenvalue weighted by molar-refractivity contribution is -0.157. The predicted molar refractivity (Wildman–Crippen MR) is 125 cm³/mol. The van der Waals surface area contributed by atoms with Gasteiger partial charge < -0.3 is 45.2 Å². The van der Waals surface area contributed by atoms with Crippen LogP contribution >= 0.6 is 0 Å². The molecule has 10 heteroatoms. The van der Waals surface area contributed by atoms with E-state index >= 15 is 0 Å². The SMILES string of the molecule is O=C(C[C@H](O)CCc1ccc(O)c(O)c1)O[C@@H]1Cc2c(O)cc(O)cc2O[C@@H]1c1ccc(O)c(O)c1. The molecule has 0 fully saturated rings. The van der Waals surface area contributed by atoms with Crippen LogP contribution in [0.3, 0.4) is 0 Å². The molecule has 3 aromatic carbocycles. The molecule has 36 heavy (non-hydrogen) atoms. The number of aliphatic hydroxyl groups excluding tert-OH is 1. The summed E-state index contributed by atoms with van der Waals surface area (Å²) in [6.45, 7) is 0. The minimum Gasteiger partial charge on any atom is -0.508 e. The molecule has 0 bridgehead atoms. The highest BCUT2D eigenvalue weighted by molar-refractivity contribution is 5.70. The minimum atomic E-state index is -1.05. The van der Waals surface area contributed by atoms with Crippen molar-refractivity contribution in [2.75, 3.05) is 0 Å². The van der Waals surface area contributed by atoms with Gasteiger partial charge >= 0.3 is 5.97 Å². The Morgan fingerprint density at radius 3 is 2.28 bits per heavy atom. The van der Waals surface area contributed by atoms with E-state index in [0.29, 0.717) is 23.1 Å². The maximum atomic E-state index is 12.7. The molecule has 3 aromatic rings. The van der Waals surface area contributed by atoms with Gasteiger partial charge in [0.2, 0.25) is 0 Å². The zero-order valence-electron chi connectivity index (χ0n) is 19.0. The third-order valence-corrected chi connectivity index (χ3v) is 5.99. The molecule has 0 radical (unpaired) electrons. The average Bonchev–Trinajstić information content (AvgIpc) is 2.81. The number of carbonyl (C=O) groups is 1. The second-order valence-electron chi connectivity index (χ2n) is 8.68. The summed E-state index contributed by atoms with van der Waals surface area (Å²) in [5, 5.41) is 69.0. The largest absolute Gasteiger partial charge is 0.508 e. The Balaban J connectivity index is 1.47. The van der Waals surface area contributed by atoms with Gasteiger partial charge in [0.05, 0.1) is 12.5 Å². The van der Waals surface area contributed by atoms with Gasteiger partial charge in [0.25, 0.3) is 0 Å². The van der Waals surface area contributed by atoms with Crippen molar-refractivity contribution < 1.29 is 50.0 Å². The first kappa shape index (κ1) is 24.8. The summed E-state index contributed by atoms with van der Waals surface area (Å²) in [6.07, 6.45) is -2.71. The van der Waals surface area contributed by atoms with E-state index in [1.165, 1.54) is 36.4 Å². The first-order valence-corrected chi connectivity index (χ1v) is 11.2. The number of hydrogen-bond donors (Lipinski definition) is 7. The molecule has 0 amide bonds. The lowest BCUT2D eigenvalue weighted by atomic mass is 9.93. The van der Waals surface area contributed by atoms with Crippen LogP contribution in [0.2, 0.25) is 0 Å². The van der Waals surface area contributed by atoms with Crippen LogP contribution in [0.15, 0.2) is 48.5 Å². The smallest absolute Gasteiger partial charge is 0.308 e. The number of esters is 1. The molecule has 3 atom stereocenters. The number of aliphatic hydroxyl groups is 1. The predicted octanol–water partition coefficient (Wildman–Crippen LogP) is 2.89. The van der Waals surface area contributed by atoms with Crippen molar-refractivity contribution in [2.24, 2.45) is 0 Å². The molecular weight excluding hydrogens is 472 g/mol. The highest BCUT2D eigenvalue weighted by Gasteiger charge is 2.36. The third-order valence-electron chi connectivity index (χ3n) is 5.99. The molecule has 190 valence electrons. The van der Waals surface area contributed by atoms with E-state index in [1.807, 2.05) is 0 Å². The van der Waals surface area contributed by atoms with E-state index in [2.05, 4.69) is 0 Å². The van der Waals surface area contributed by atoms with Gasteiger partial charge in [-0.3, -0.25) is 4.79 Å². The van der Waals surface area contributed by atoms with Crippen LogP contribution in [0.25, 0.3) is 0 Å². The number of phenolic OH excluding ortho intramolecular Hbond substituents is 6. The normalized spacial score (nSPS) is 17.6. The zero-order valence-corrected chi connectivity index (χ0v) is 19.0. The van der Waals surface area contributed by atoms with Crippen molar-refractivity contribution in [3.05, 3.63) is 65.2 Å².